The van der Waals surface area contributed by atoms with Crippen LogP contribution < -0.4 is 5.32 Å². The summed E-state index contributed by atoms with van der Waals surface area (Å²) in [5.41, 5.74) is 0.796. The van der Waals surface area contributed by atoms with E-state index in [1.165, 1.54) is 6.21 Å². The van der Waals surface area contributed by atoms with E-state index in [4.69, 9.17) is 5.41 Å². The number of allylic oxidation sites excluding steroid dienone is 2. The van der Waals surface area contributed by atoms with Gasteiger partial charge in [0.25, 0.3) is 0 Å². The van der Waals surface area contributed by atoms with E-state index in [1.54, 1.807) is 13.0 Å². The van der Waals surface area contributed by atoms with Gasteiger partial charge in [0.2, 0.25) is 0 Å². The van der Waals surface area contributed by atoms with Crippen molar-refractivity contribution in [1.29, 1.82) is 5.41 Å². The molecule has 0 fully saturated rings. The largest absolute Gasteiger partial charge is 0.323 e. The van der Waals surface area contributed by atoms with Crippen molar-refractivity contribution in [3.05, 3.63) is 24.8 Å². The van der Waals surface area contributed by atoms with Gasteiger partial charge in [-0.15, -0.1) is 6.58 Å². The van der Waals surface area contributed by atoms with Crippen molar-refractivity contribution in [2.75, 3.05) is 14.1 Å². The van der Waals surface area contributed by atoms with Crippen molar-refractivity contribution >= 4 is 6.21 Å². The van der Waals surface area contributed by atoms with E-state index in [1.807, 2.05) is 21.0 Å². The van der Waals surface area contributed by atoms with Crippen LogP contribution in [0.4, 0.5) is 0 Å². The smallest absolute Gasteiger partial charge is 0.0201 e. The van der Waals surface area contributed by atoms with Crippen LogP contribution in [0.15, 0.2) is 24.8 Å². The molecule has 0 aliphatic carbocycles. The second kappa shape index (κ2) is 22.9. The lowest BCUT2D eigenvalue weighted by Gasteiger charge is -1.69. The molecule has 2 N–H and O–H groups in total. The van der Waals surface area contributed by atoms with Gasteiger partial charge in [-0.1, -0.05) is 12.7 Å². The maximum absolute atomic E-state index is 6.43. The Morgan fingerprint density at radius 3 is 1.55 bits per heavy atom. The average molecular weight is 156 g/mol. The summed E-state index contributed by atoms with van der Waals surface area (Å²) in [6.07, 6.45) is 2.97. The van der Waals surface area contributed by atoms with E-state index >= 15 is 0 Å². The van der Waals surface area contributed by atoms with Crippen LogP contribution in [0, 0.1) is 5.41 Å². The first-order valence-corrected chi connectivity index (χ1v) is 3.42. The topological polar surface area (TPSA) is 35.9 Å². The minimum absolute atomic E-state index is 0.796. The van der Waals surface area contributed by atoms with Gasteiger partial charge in [-0.05, 0) is 33.5 Å². The fourth-order valence-corrected chi connectivity index (χ4v) is 0. The number of hydrogen-bond donors (Lipinski definition) is 2. The minimum atomic E-state index is 0.796. The lowest BCUT2D eigenvalue weighted by atomic mass is 10.4. The van der Waals surface area contributed by atoms with Crippen LogP contribution in [0.3, 0.4) is 0 Å². The van der Waals surface area contributed by atoms with Gasteiger partial charge in [0.1, 0.15) is 0 Å². The van der Waals surface area contributed by atoms with Crippen LogP contribution in [0.25, 0.3) is 0 Å². The van der Waals surface area contributed by atoms with Crippen LogP contribution in [0.1, 0.15) is 13.8 Å². The molecule has 0 radical (unpaired) electrons. The summed E-state index contributed by atoms with van der Waals surface area (Å²) in [6.45, 7) is 10.5. The Bertz CT molecular complexity index is 95.7. The van der Waals surface area contributed by atoms with Crippen LogP contribution in [0.2, 0.25) is 0 Å². The lowest BCUT2D eigenvalue weighted by molar-refractivity contribution is 1.02. The first kappa shape index (κ1) is 16.6. The molecule has 0 unspecified atom stereocenters. The molecule has 2 nitrogen and oxygen atoms in total. The molecule has 0 saturated carbocycles. The Labute approximate surface area is 70.5 Å². The Hall–Kier alpha value is -0.890. The predicted octanol–water partition coefficient (Wildman–Crippen LogP) is 2.24. The lowest BCUT2D eigenvalue weighted by Crippen LogP contribution is -1.89. The van der Waals surface area contributed by atoms with Crippen molar-refractivity contribution in [2.45, 2.75) is 13.8 Å². The van der Waals surface area contributed by atoms with E-state index in [9.17, 15) is 0 Å². The number of rotatable bonds is 1. The molecule has 0 saturated heterocycles. The summed E-state index contributed by atoms with van der Waals surface area (Å²) < 4.78 is 0. The molecule has 0 rings (SSSR count). The molecule has 0 heterocycles. The molecule has 0 aliphatic heterocycles. The van der Waals surface area contributed by atoms with Crippen molar-refractivity contribution < 1.29 is 0 Å². The van der Waals surface area contributed by atoms with Gasteiger partial charge in [-0.25, -0.2) is 0 Å². The highest BCUT2D eigenvalue weighted by atomic mass is 14.7. The SMILES string of the molecule is C=C(C)C=N.C=CC.CNC. The Morgan fingerprint density at radius 1 is 1.45 bits per heavy atom. The molecule has 0 amide bonds. The molecular formula is C9H20N2. The summed E-state index contributed by atoms with van der Waals surface area (Å²) in [5, 5.41) is 9.18. The quantitative estimate of drug-likeness (QED) is 0.443. The predicted molar refractivity (Wildman–Crippen MR) is 54.5 cm³/mol. The Balaban J connectivity index is -0.0000000933. The highest BCUT2D eigenvalue weighted by Crippen LogP contribution is 1.71. The highest BCUT2D eigenvalue weighted by Gasteiger charge is 1.61. The van der Waals surface area contributed by atoms with Crippen LogP contribution in [-0.4, -0.2) is 20.3 Å². The zero-order valence-corrected chi connectivity index (χ0v) is 8.07. The van der Waals surface area contributed by atoms with E-state index < -0.39 is 0 Å². The zero-order chi connectivity index (χ0) is 9.70. The van der Waals surface area contributed by atoms with Crippen LogP contribution in [0.5, 0.6) is 0 Å². The minimum Gasteiger partial charge on any atom is -0.323 e. The molecule has 0 bridgehead atoms. The number of hydrogen-bond acceptors (Lipinski definition) is 2. The summed E-state index contributed by atoms with van der Waals surface area (Å²) in [5.74, 6) is 0. The van der Waals surface area contributed by atoms with Crippen LogP contribution >= 0.6 is 0 Å². The number of nitrogens with one attached hydrogen (secondary N) is 2. The average Bonchev–Trinajstić information content (AvgIpc) is 1.91. The Morgan fingerprint density at radius 2 is 1.55 bits per heavy atom. The maximum Gasteiger partial charge on any atom is 0.0201 e. The summed E-state index contributed by atoms with van der Waals surface area (Å²) in [6, 6.07) is 0. The van der Waals surface area contributed by atoms with Crippen molar-refractivity contribution in [3.8, 4) is 0 Å². The Kier molecular flexibility index (Phi) is 34.6. The van der Waals surface area contributed by atoms with Crippen molar-refractivity contribution in [2.24, 2.45) is 0 Å². The van der Waals surface area contributed by atoms with E-state index in [0.717, 1.165) is 5.57 Å². The van der Waals surface area contributed by atoms with Gasteiger partial charge in [-0.2, -0.15) is 0 Å². The third kappa shape index (κ3) is 374. The van der Waals surface area contributed by atoms with Crippen molar-refractivity contribution in [1.82, 2.24) is 5.32 Å². The highest BCUT2D eigenvalue weighted by molar-refractivity contribution is 5.73. The first-order chi connectivity index (χ1) is 5.10. The van der Waals surface area contributed by atoms with Gasteiger partial charge in [0.15, 0.2) is 0 Å². The molecule has 0 aliphatic rings. The summed E-state index contributed by atoms with van der Waals surface area (Å²) in [7, 11) is 3.75. The second-order valence-electron chi connectivity index (χ2n) is 1.90. The van der Waals surface area contributed by atoms with Gasteiger partial charge in [0, 0.05) is 6.21 Å². The van der Waals surface area contributed by atoms with E-state index in [-0.39, 0.29) is 0 Å². The van der Waals surface area contributed by atoms with E-state index in [0.29, 0.717) is 0 Å². The van der Waals surface area contributed by atoms with E-state index in [2.05, 4.69) is 18.5 Å². The van der Waals surface area contributed by atoms with Gasteiger partial charge in [0.05, 0.1) is 0 Å². The first-order valence-electron chi connectivity index (χ1n) is 3.42. The van der Waals surface area contributed by atoms with Crippen LogP contribution in [-0.2, 0) is 0 Å². The second-order valence-corrected chi connectivity index (χ2v) is 1.90. The van der Waals surface area contributed by atoms with Gasteiger partial charge >= 0.3 is 0 Å². The zero-order valence-electron chi connectivity index (χ0n) is 8.07. The summed E-state index contributed by atoms with van der Waals surface area (Å²) in [4.78, 5) is 0. The van der Waals surface area contributed by atoms with Gasteiger partial charge in [-0.3, -0.25) is 0 Å². The molecule has 0 spiro atoms. The normalized spacial score (nSPS) is 5.82. The standard InChI is InChI=1S/C4H7N.C3H6.C2H7N/c1-4(2)3-5;2*1-3-2/h3,5H,1H2,2H3;3H,1H2,2H3;3H,1-2H3. The molecule has 0 atom stereocenters. The molecule has 0 aromatic heterocycles. The van der Waals surface area contributed by atoms with Gasteiger partial charge < -0.3 is 10.7 Å². The molecule has 0 aromatic rings. The molecular weight excluding hydrogens is 136 g/mol. The monoisotopic (exact) mass is 156 g/mol. The third-order valence-corrected chi connectivity index (χ3v) is 0.246. The molecule has 2 heteroatoms. The molecule has 0 aromatic carbocycles. The summed E-state index contributed by atoms with van der Waals surface area (Å²) >= 11 is 0. The fraction of sp³-hybridized carbons (Fsp3) is 0.444. The van der Waals surface area contributed by atoms with Crippen molar-refractivity contribution in [3.63, 3.8) is 0 Å². The maximum atomic E-state index is 6.43. The molecule has 66 valence electrons. The molecule has 11 heavy (non-hydrogen) atoms. The third-order valence-electron chi connectivity index (χ3n) is 0.246. The fourth-order valence-electron chi connectivity index (χ4n) is 0.